The summed E-state index contributed by atoms with van der Waals surface area (Å²) >= 11 is 1.19. The monoisotopic (exact) mass is 367 g/mol. The lowest BCUT2D eigenvalue weighted by atomic mass is 10.1. The predicted octanol–water partition coefficient (Wildman–Crippen LogP) is 5.06. The molecule has 6 heteroatoms. The summed E-state index contributed by atoms with van der Waals surface area (Å²) in [6.07, 6.45) is -1.41. The number of nitrogens with zero attached hydrogens (tertiary/aromatic N) is 1. The number of carbonyl (C=O) groups is 2. The molecule has 2 aromatic carbocycles. The van der Waals surface area contributed by atoms with Gasteiger partial charge in [0.2, 0.25) is 5.06 Å². The fourth-order valence-corrected chi connectivity index (χ4v) is 3.64. The molecular weight excluding hydrogens is 350 g/mol. The molecule has 132 valence electrons. The Balaban J connectivity index is 2.02. The molecule has 1 amide bonds. The molecule has 0 spiro atoms. The summed E-state index contributed by atoms with van der Waals surface area (Å²) in [6, 6.07) is 18.6. The third-order valence-electron chi connectivity index (χ3n) is 3.96. The maximum atomic E-state index is 12.9. The van der Waals surface area contributed by atoms with E-state index in [9.17, 15) is 9.59 Å². The van der Waals surface area contributed by atoms with Gasteiger partial charge < -0.3 is 14.7 Å². The van der Waals surface area contributed by atoms with Crippen molar-refractivity contribution in [3.63, 3.8) is 0 Å². The zero-order valence-corrected chi connectivity index (χ0v) is 15.1. The van der Waals surface area contributed by atoms with Gasteiger partial charge in [0.1, 0.15) is 0 Å². The molecule has 0 fully saturated rings. The molecule has 0 saturated carbocycles. The van der Waals surface area contributed by atoms with Crippen molar-refractivity contribution < 1.29 is 19.4 Å². The van der Waals surface area contributed by atoms with Crippen LogP contribution in [0.15, 0.2) is 60.7 Å². The topological polar surface area (TPSA) is 66.8 Å². The number of anilines is 1. The lowest BCUT2D eigenvalue weighted by molar-refractivity contribution is 0.0990. The van der Waals surface area contributed by atoms with E-state index in [-0.39, 0.29) is 11.0 Å². The first-order valence-electron chi connectivity index (χ1n) is 7.91. The fourth-order valence-electron chi connectivity index (χ4n) is 2.60. The predicted molar refractivity (Wildman–Crippen MR) is 102 cm³/mol. The highest BCUT2D eigenvalue weighted by Gasteiger charge is 2.23. The smallest absolute Gasteiger partial charge is 0.449 e. The van der Waals surface area contributed by atoms with Gasteiger partial charge in [0.25, 0.3) is 5.91 Å². The zero-order chi connectivity index (χ0) is 18.7. The van der Waals surface area contributed by atoms with Crippen molar-refractivity contribution in [2.45, 2.75) is 6.92 Å². The minimum atomic E-state index is -1.41. The van der Waals surface area contributed by atoms with Crippen molar-refractivity contribution in [2.24, 2.45) is 0 Å². The Hall–Kier alpha value is -3.12. The minimum absolute atomic E-state index is 0.167. The molecule has 3 rings (SSSR count). The van der Waals surface area contributed by atoms with Crippen LogP contribution in [0.25, 0.3) is 10.4 Å². The van der Waals surface area contributed by atoms with E-state index in [4.69, 9.17) is 9.84 Å². The highest BCUT2D eigenvalue weighted by molar-refractivity contribution is 7.18. The van der Waals surface area contributed by atoms with Crippen molar-refractivity contribution >= 4 is 29.1 Å². The number of hydrogen-bond acceptors (Lipinski definition) is 4. The number of benzene rings is 2. The summed E-state index contributed by atoms with van der Waals surface area (Å²) in [7, 11) is 1.61. The van der Waals surface area contributed by atoms with Gasteiger partial charge in [0.15, 0.2) is 0 Å². The van der Waals surface area contributed by atoms with Crippen LogP contribution in [0, 0.1) is 6.92 Å². The van der Waals surface area contributed by atoms with Gasteiger partial charge in [-0.2, -0.15) is 0 Å². The Morgan fingerprint density at radius 1 is 1.04 bits per heavy atom. The number of amides is 1. The summed E-state index contributed by atoms with van der Waals surface area (Å²) in [5.74, 6) is -0.226. The van der Waals surface area contributed by atoms with Crippen molar-refractivity contribution in [1.29, 1.82) is 0 Å². The molecule has 0 unspecified atom stereocenters. The van der Waals surface area contributed by atoms with Gasteiger partial charge >= 0.3 is 6.16 Å². The minimum Gasteiger partial charge on any atom is -0.449 e. The Morgan fingerprint density at radius 3 is 2.35 bits per heavy atom. The number of carbonyl (C=O) groups excluding carboxylic acids is 1. The van der Waals surface area contributed by atoms with E-state index in [1.54, 1.807) is 25.2 Å². The fraction of sp³-hybridized carbons (Fsp3) is 0.100. The molecule has 0 aliphatic carbocycles. The molecule has 0 saturated heterocycles. The van der Waals surface area contributed by atoms with Gasteiger partial charge in [-0.3, -0.25) is 4.79 Å². The number of hydrogen-bond donors (Lipinski definition) is 1. The second-order valence-electron chi connectivity index (χ2n) is 5.70. The molecule has 5 nitrogen and oxygen atoms in total. The van der Waals surface area contributed by atoms with Crippen LogP contribution in [0.3, 0.4) is 0 Å². The summed E-state index contributed by atoms with van der Waals surface area (Å²) in [6.45, 7) is 1.86. The molecule has 0 bridgehead atoms. The van der Waals surface area contributed by atoms with Gasteiger partial charge in [-0.05, 0) is 30.2 Å². The summed E-state index contributed by atoms with van der Waals surface area (Å²) in [5.41, 5.74) is 2.76. The lowest BCUT2D eigenvalue weighted by Crippen LogP contribution is -2.27. The maximum Gasteiger partial charge on any atom is 0.512 e. The average Bonchev–Trinajstić information content (AvgIpc) is 3.04. The second-order valence-corrected chi connectivity index (χ2v) is 6.71. The van der Waals surface area contributed by atoms with Crippen LogP contribution >= 0.6 is 11.3 Å². The summed E-state index contributed by atoms with van der Waals surface area (Å²) in [5, 5.41) is 9.20. The van der Waals surface area contributed by atoms with Crippen LogP contribution in [0.1, 0.15) is 15.9 Å². The van der Waals surface area contributed by atoms with Crippen molar-refractivity contribution in [2.75, 3.05) is 11.9 Å². The quantitative estimate of drug-likeness (QED) is 0.655. The van der Waals surface area contributed by atoms with Gasteiger partial charge in [0.05, 0.1) is 5.69 Å². The summed E-state index contributed by atoms with van der Waals surface area (Å²) in [4.78, 5) is 26.2. The van der Waals surface area contributed by atoms with E-state index in [0.717, 1.165) is 16.0 Å². The second kappa shape index (κ2) is 7.41. The van der Waals surface area contributed by atoms with Crippen LogP contribution < -0.4 is 9.64 Å². The van der Waals surface area contributed by atoms with E-state index >= 15 is 0 Å². The number of thiophene rings is 1. The van der Waals surface area contributed by atoms with E-state index in [1.165, 1.54) is 16.2 Å². The van der Waals surface area contributed by atoms with Crippen LogP contribution in [-0.4, -0.2) is 24.2 Å². The Morgan fingerprint density at radius 2 is 1.69 bits per heavy atom. The SMILES string of the molecule is Cc1ccccc1C(=O)N(C)c1cc(-c2ccccc2)sc1OC(=O)O. The molecule has 1 N–H and O–H groups in total. The van der Waals surface area contributed by atoms with Crippen molar-refractivity contribution in [1.82, 2.24) is 0 Å². The average molecular weight is 367 g/mol. The molecule has 1 heterocycles. The van der Waals surface area contributed by atoms with Gasteiger partial charge in [-0.1, -0.05) is 59.9 Å². The van der Waals surface area contributed by atoms with E-state index in [2.05, 4.69) is 0 Å². The molecule has 0 aliphatic rings. The highest BCUT2D eigenvalue weighted by Crippen LogP contribution is 2.43. The first-order chi connectivity index (χ1) is 12.5. The Kier molecular flexibility index (Phi) is 5.04. The van der Waals surface area contributed by atoms with E-state index in [1.807, 2.05) is 49.4 Å². The van der Waals surface area contributed by atoms with Crippen molar-refractivity contribution in [3.05, 3.63) is 71.8 Å². The zero-order valence-electron chi connectivity index (χ0n) is 14.3. The standard InChI is InChI=1S/C20H17NO4S/c1-13-8-6-7-11-15(13)18(22)21(2)16-12-17(14-9-4-3-5-10-14)26-19(16)25-20(23)24/h3-12H,1-2H3,(H,23,24). The molecule has 0 atom stereocenters. The van der Waals surface area contributed by atoms with E-state index < -0.39 is 6.16 Å². The van der Waals surface area contributed by atoms with Crippen molar-refractivity contribution in [3.8, 4) is 15.5 Å². The Bertz CT molecular complexity index is 949. The van der Waals surface area contributed by atoms with Crippen LogP contribution in [0.4, 0.5) is 10.5 Å². The third kappa shape index (κ3) is 3.60. The molecular formula is C20H17NO4S. The Labute approximate surface area is 155 Å². The first kappa shape index (κ1) is 17.7. The molecule has 3 aromatic rings. The summed E-state index contributed by atoms with van der Waals surface area (Å²) < 4.78 is 4.93. The van der Waals surface area contributed by atoms with Gasteiger partial charge in [0, 0.05) is 17.5 Å². The molecule has 26 heavy (non-hydrogen) atoms. The number of ether oxygens (including phenoxy) is 1. The number of carboxylic acid groups (broad SMARTS) is 1. The third-order valence-corrected chi connectivity index (χ3v) is 5.01. The first-order valence-corrected chi connectivity index (χ1v) is 8.72. The number of rotatable bonds is 4. The maximum absolute atomic E-state index is 12.9. The largest absolute Gasteiger partial charge is 0.512 e. The molecule has 0 aliphatic heterocycles. The van der Waals surface area contributed by atoms with E-state index in [0.29, 0.717) is 11.3 Å². The number of aryl methyl sites for hydroxylation is 1. The van der Waals surface area contributed by atoms with Crippen LogP contribution in [0.2, 0.25) is 0 Å². The van der Waals surface area contributed by atoms with Crippen LogP contribution in [0.5, 0.6) is 5.06 Å². The highest BCUT2D eigenvalue weighted by atomic mass is 32.1. The lowest BCUT2D eigenvalue weighted by Gasteiger charge is -2.18. The van der Waals surface area contributed by atoms with Gasteiger partial charge in [-0.25, -0.2) is 4.79 Å². The van der Waals surface area contributed by atoms with Crippen LogP contribution in [-0.2, 0) is 0 Å². The normalized spacial score (nSPS) is 10.4. The molecule has 0 radical (unpaired) electrons. The van der Waals surface area contributed by atoms with Gasteiger partial charge in [-0.15, -0.1) is 0 Å². The molecule has 1 aromatic heterocycles.